The second kappa shape index (κ2) is 3.62. The summed E-state index contributed by atoms with van der Waals surface area (Å²) in [5, 5.41) is 18.4. The second-order valence-electron chi connectivity index (χ2n) is 2.97. The lowest BCUT2D eigenvalue weighted by molar-refractivity contribution is 0.408. The normalized spacial score (nSPS) is 12.8. The van der Waals surface area contributed by atoms with Crippen LogP contribution in [-0.2, 0) is 0 Å². The highest BCUT2D eigenvalue weighted by Gasteiger charge is 2.17. The number of phenols is 2. The molecule has 4 heteroatoms. The van der Waals surface area contributed by atoms with E-state index < -0.39 is 11.6 Å². The van der Waals surface area contributed by atoms with Crippen LogP contribution in [0.1, 0.15) is 18.4 Å². The number of hydrogen-bond donors (Lipinski definition) is 3. The minimum absolute atomic E-state index is 0.0718. The van der Waals surface area contributed by atoms with Crippen LogP contribution < -0.4 is 5.73 Å². The molecule has 0 aliphatic carbocycles. The zero-order valence-electron chi connectivity index (χ0n) is 7.29. The standard InChI is InChI=1S/C9H12FNO2/c1-5(4-11)8-6(12)2-3-7(13)9(8)10/h2-3,5,12-13H,4,11H2,1H3. The lowest BCUT2D eigenvalue weighted by Crippen LogP contribution is -2.10. The van der Waals surface area contributed by atoms with Crippen LogP contribution in [0, 0.1) is 5.82 Å². The van der Waals surface area contributed by atoms with Crippen molar-refractivity contribution in [1.29, 1.82) is 0 Å². The minimum Gasteiger partial charge on any atom is -0.508 e. The van der Waals surface area contributed by atoms with E-state index in [-0.39, 0.29) is 23.8 Å². The first-order chi connectivity index (χ1) is 6.07. The Morgan fingerprint density at radius 3 is 2.46 bits per heavy atom. The van der Waals surface area contributed by atoms with Crippen LogP contribution in [0.15, 0.2) is 12.1 Å². The summed E-state index contributed by atoms with van der Waals surface area (Å²) in [5.41, 5.74) is 5.40. The van der Waals surface area contributed by atoms with Crippen LogP contribution in [0.3, 0.4) is 0 Å². The van der Waals surface area contributed by atoms with Gasteiger partial charge >= 0.3 is 0 Å². The highest BCUT2D eigenvalue weighted by Crippen LogP contribution is 2.32. The van der Waals surface area contributed by atoms with Gasteiger partial charge in [-0.3, -0.25) is 0 Å². The second-order valence-corrected chi connectivity index (χ2v) is 2.97. The Labute approximate surface area is 75.6 Å². The van der Waals surface area contributed by atoms with Gasteiger partial charge in [0, 0.05) is 11.5 Å². The highest BCUT2D eigenvalue weighted by atomic mass is 19.1. The van der Waals surface area contributed by atoms with Gasteiger partial charge in [0.1, 0.15) is 5.75 Å². The Balaban J connectivity index is 3.25. The Hall–Kier alpha value is -1.29. The molecule has 0 spiro atoms. The monoisotopic (exact) mass is 185 g/mol. The molecule has 1 unspecified atom stereocenters. The molecule has 72 valence electrons. The molecular formula is C9H12FNO2. The van der Waals surface area contributed by atoms with Crippen LogP contribution in [0.5, 0.6) is 11.5 Å². The molecule has 0 amide bonds. The topological polar surface area (TPSA) is 66.5 Å². The van der Waals surface area contributed by atoms with E-state index in [1.165, 1.54) is 6.07 Å². The van der Waals surface area contributed by atoms with Gasteiger partial charge in [0.25, 0.3) is 0 Å². The fourth-order valence-electron chi connectivity index (χ4n) is 1.16. The van der Waals surface area contributed by atoms with E-state index in [0.717, 1.165) is 6.07 Å². The molecule has 0 radical (unpaired) electrons. The third kappa shape index (κ3) is 1.72. The van der Waals surface area contributed by atoms with Gasteiger partial charge in [-0.2, -0.15) is 0 Å². The molecule has 0 aromatic heterocycles. The summed E-state index contributed by atoms with van der Waals surface area (Å²) >= 11 is 0. The molecular weight excluding hydrogens is 173 g/mol. The van der Waals surface area contributed by atoms with E-state index in [4.69, 9.17) is 10.8 Å². The fourth-order valence-corrected chi connectivity index (χ4v) is 1.16. The predicted molar refractivity (Wildman–Crippen MR) is 47.2 cm³/mol. The highest BCUT2D eigenvalue weighted by molar-refractivity contribution is 5.42. The molecule has 0 saturated heterocycles. The van der Waals surface area contributed by atoms with E-state index in [1.54, 1.807) is 6.92 Å². The van der Waals surface area contributed by atoms with Crippen molar-refractivity contribution in [3.05, 3.63) is 23.5 Å². The van der Waals surface area contributed by atoms with E-state index in [2.05, 4.69) is 0 Å². The lowest BCUT2D eigenvalue weighted by atomic mass is 9.99. The lowest BCUT2D eigenvalue weighted by Gasteiger charge is -2.12. The number of nitrogens with two attached hydrogens (primary N) is 1. The molecule has 1 atom stereocenters. The maximum atomic E-state index is 13.2. The van der Waals surface area contributed by atoms with Gasteiger partial charge in [0.15, 0.2) is 11.6 Å². The first-order valence-corrected chi connectivity index (χ1v) is 3.98. The molecule has 1 aromatic carbocycles. The molecule has 3 nitrogen and oxygen atoms in total. The first-order valence-electron chi connectivity index (χ1n) is 3.98. The average molecular weight is 185 g/mol. The number of phenolic OH excluding ortho intramolecular Hbond substituents is 2. The van der Waals surface area contributed by atoms with Gasteiger partial charge in [-0.25, -0.2) is 4.39 Å². The van der Waals surface area contributed by atoms with Crippen molar-refractivity contribution in [1.82, 2.24) is 0 Å². The Morgan fingerprint density at radius 1 is 1.38 bits per heavy atom. The summed E-state index contributed by atoms with van der Waals surface area (Å²) in [6.45, 7) is 1.89. The molecule has 0 saturated carbocycles. The third-order valence-corrected chi connectivity index (χ3v) is 1.98. The Kier molecular flexibility index (Phi) is 2.72. The largest absolute Gasteiger partial charge is 0.508 e. The predicted octanol–water partition coefficient (Wildman–Crippen LogP) is 1.30. The Morgan fingerprint density at radius 2 is 1.92 bits per heavy atom. The molecule has 13 heavy (non-hydrogen) atoms. The molecule has 0 aliphatic heterocycles. The molecule has 4 N–H and O–H groups in total. The zero-order valence-corrected chi connectivity index (χ0v) is 7.29. The number of rotatable bonds is 2. The molecule has 0 fully saturated rings. The van der Waals surface area contributed by atoms with Crippen molar-refractivity contribution in [3.8, 4) is 11.5 Å². The third-order valence-electron chi connectivity index (χ3n) is 1.98. The van der Waals surface area contributed by atoms with Gasteiger partial charge in [0.2, 0.25) is 0 Å². The van der Waals surface area contributed by atoms with Crippen molar-refractivity contribution >= 4 is 0 Å². The van der Waals surface area contributed by atoms with Crippen LogP contribution in [0.25, 0.3) is 0 Å². The quantitative estimate of drug-likeness (QED) is 0.608. The van der Waals surface area contributed by atoms with Crippen molar-refractivity contribution in [3.63, 3.8) is 0 Å². The summed E-state index contributed by atoms with van der Waals surface area (Å²) < 4.78 is 13.2. The molecule has 1 rings (SSSR count). The van der Waals surface area contributed by atoms with Gasteiger partial charge in [-0.15, -0.1) is 0 Å². The zero-order chi connectivity index (χ0) is 10.0. The minimum atomic E-state index is -0.794. The SMILES string of the molecule is CC(CN)c1c(O)ccc(O)c1F. The van der Waals surface area contributed by atoms with Crippen molar-refractivity contribution in [2.24, 2.45) is 5.73 Å². The van der Waals surface area contributed by atoms with Gasteiger partial charge in [0.05, 0.1) is 0 Å². The maximum absolute atomic E-state index is 13.2. The number of benzene rings is 1. The van der Waals surface area contributed by atoms with E-state index in [9.17, 15) is 9.50 Å². The fraction of sp³-hybridized carbons (Fsp3) is 0.333. The van der Waals surface area contributed by atoms with E-state index in [1.807, 2.05) is 0 Å². The van der Waals surface area contributed by atoms with Crippen molar-refractivity contribution in [2.75, 3.05) is 6.54 Å². The van der Waals surface area contributed by atoms with E-state index >= 15 is 0 Å². The molecule has 0 heterocycles. The van der Waals surface area contributed by atoms with Crippen molar-refractivity contribution < 1.29 is 14.6 Å². The summed E-state index contributed by atoms with van der Waals surface area (Å²) in [6.07, 6.45) is 0. The van der Waals surface area contributed by atoms with Gasteiger partial charge in [-0.1, -0.05) is 6.92 Å². The van der Waals surface area contributed by atoms with Gasteiger partial charge in [-0.05, 0) is 18.7 Å². The van der Waals surface area contributed by atoms with Gasteiger partial charge < -0.3 is 15.9 Å². The maximum Gasteiger partial charge on any atom is 0.171 e. The summed E-state index contributed by atoms with van der Waals surface area (Å²) in [4.78, 5) is 0. The smallest absolute Gasteiger partial charge is 0.171 e. The first kappa shape index (κ1) is 9.80. The summed E-state index contributed by atoms with van der Waals surface area (Å²) in [7, 11) is 0. The van der Waals surface area contributed by atoms with Crippen LogP contribution in [-0.4, -0.2) is 16.8 Å². The van der Waals surface area contributed by atoms with Crippen LogP contribution in [0.2, 0.25) is 0 Å². The summed E-state index contributed by atoms with van der Waals surface area (Å²) in [5.74, 6) is -1.74. The van der Waals surface area contributed by atoms with E-state index in [0.29, 0.717) is 0 Å². The number of halogens is 1. The van der Waals surface area contributed by atoms with Crippen LogP contribution >= 0.6 is 0 Å². The Bertz CT molecular complexity index is 315. The average Bonchev–Trinajstić information content (AvgIpc) is 2.12. The molecule has 1 aromatic rings. The summed E-state index contributed by atoms with van der Waals surface area (Å²) in [6, 6.07) is 2.36. The molecule has 0 bridgehead atoms. The number of hydrogen-bond acceptors (Lipinski definition) is 3. The van der Waals surface area contributed by atoms with Crippen LogP contribution in [0.4, 0.5) is 4.39 Å². The molecule has 0 aliphatic rings. The van der Waals surface area contributed by atoms with Crippen molar-refractivity contribution in [2.45, 2.75) is 12.8 Å². The number of aromatic hydroxyl groups is 2.